The molecule has 0 spiro atoms. The lowest BCUT2D eigenvalue weighted by Gasteiger charge is -2.38. The van der Waals surface area contributed by atoms with Crippen molar-refractivity contribution in [3.05, 3.63) is 273 Å². The fourth-order valence-electron chi connectivity index (χ4n) is 13.1. The van der Waals surface area contributed by atoms with Crippen molar-refractivity contribution in [1.29, 1.82) is 0 Å². The van der Waals surface area contributed by atoms with Crippen LogP contribution < -0.4 is 14.4 Å². The van der Waals surface area contributed by atoms with E-state index in [1.165, 1.54) is 21.9 Å². The van der Waals surface area contributed by atoms with Crippen molar-refractivity contribution in [1.82, 2.24) is 19.1 Å². The van der Waals surface area contributed by atoms with E-state index in [1.54, 1.807) is 0 Å². The van der Waals surface area contributed by atoms with Gasteiger partial charge < -0.3 is 18.6 Å². The fraction of sp³-hybridized carbons (Fsp3) is 0. The smallest absolute Gasteiger partial charge is 0.160 e. The Kier molecular flexibility index (Phi) is 9.67. The second-order valence-electron chi connectivity index (χ2n) is 21.7. The molecule has 0 N–H and O–H groups in total. The molecule has 0 saturated heterocycles. The maximum absolute atomic E-state index is 7.02. The van der Waals surface area contributed by atoms with Crippen LogP contribution in [0.1, 0.15) is 0 Å². The van der Waals surface area contributed by atoms with Crippen LogP contribution in [0.15, 0.2) is 273 Å². The van der Waals surface area contributed by atoms with E-state index >= 15 is 0 Å². The molecule has 7 nitrogen and oxygen atoms in total. The Morgan fingerprint density at radius 1 is 0.277 bits per heavy atom. The summed E-state index contributed by atoms with van der Waals surface area (Å²) in [6.07, 6.45) is 0. The van der Waals surface area contributed by atoms with E-state index < -0.39 is 0 Å². The van der Waals surface area contributed by atoms with E-state index in [-0.39, 0.29) is 0 Å². The average Bonchev–Trinajstić information content (AvgIpc) is 2.34. The van der Waals surface area contributed by atoms with E-state index in [1.807, 2.05) is 12.1 Å². The van der Waals surface area contributed by atoms with Gasteiger partial charge >= 0.3 is 0 Å². The molecule has 5 heterocycles. The third kappa shape index (κ3) is 7.05. The summed E-state index contributed by atoms with van der Waals surface area (Å²) in [6.45, 7) is 0. The second kappa shape index (κ2) is 17.6. The lowest BCUT2D eigenvalue weighted by atomic mass is 9.99. The summed E-state index contributed by atoms with van der Waals surface area (Å²) in [6, 6.07) is 97.5. The van der Waals surface area contributed by atoms with Crippen LogP contribution in [0.25, 0.3) is 132 Å². The Morgan fingerprint density at radius 3 is 1.31 bits per heavy atom. The first-order valence-electron chi connectivity index (χ1n) is 28.1. The molecule has 0 bridgehead atoms. The molecule has 0 amide bonds. The van der Waals surface area contributed by atoms with Crippen molar-refractivity contribution in [2.75, 3.05) is 4.90 Å². The summed E-state index contributed by atoms with van der Waals surface area (Å²) < 4.78 is 18.8. The Hall–Kier alpha value is -11.3. The Labute approximate surface area is 476 Å². The SMILES string of the molecule is c1ccc(-c2ccc3c(c2)c2cc(-c4ccc5c(c4)c4ccccc4n5-c4cc5c6c(c4)Oc4cc7ccccc7cc4N6c4cc6ccccc6cc4O5)ccc2n3-c2ccc(-c3nc(-c4ccccc4)c4ccccc4n3)cc2)cc1. The van der Waals surface area contributed by atoms with Gasteiger partial charge in [0.05, 0.1) is 50.3 Å². The van der Waals surface area contributed by atoms with Crippen molar-refractivity contribution >= 4 is 93.1 Å². The predicted octanol–water partition coefficient (Wildman–Crippen LogP) is 20.5. The zero-order valence-electron chi connectivity index (χ0n) is 44.5. The maximum Gasteiger partial charge on any atom is 0.160 e. The van der Waals surface area contributed by atoms with Crippen LogP contribution in [-0.2, 0) is 0 Å². The number of anilines is 3. The van der Waals surface area contributed by atoms with Crippen molar-refractivity contribution in [3.8, 4) is 79.3 Å². The van der Waals surface area contributed by atoms with E-state index in [0.717, 1.165) is 145 Å². The highest BCUT2D eigenvalue weighted by atomic mass is 16.5. The van der Waals surface area contributed by atoms with Crippen LogP contribution in [0, 0.1) is 0 Å². The first kappa shape index (κ1) is 45.6. The number of nitrogens with zero attached hydrogens (tertiary/aromatic N) is 5. The minimum absolute atomic E-state index is 0.695. The van der Waals surface area contributed by atoms with E-state index in [2.05, 4.69) is 275 Å². The lowest BCUT2D eigenvalue weighted by molar-refractivity contribution is 0.446. The molecule has 0 aliphatic carbocycles. The zero-order valence-corrected chi connectivity index (χ0v) is 44.5. The fourth-order valence-corrected chi connectivity index (χ4v) is 13.1. The maximum atomic E-state index is 7.02. The van der Waals surface area contributed by atoms with Gasteiger partial charge in [-0.15, -0.1) is 0 Å². The van der Waals surface area contributed by atoms with E-state index in [9.17, 15) is 0 Å². The predicted molar refractivity (Wildman–Crippen MR) is 340 cm³/mol. The topological polar surface area (TPSA) is 57.3 Å². The normalized spacial score (nSPS) is 12.5. The molecule has 3 aromatic heterocycles. The molecular formula is C76H45N5O2. The van der Waals surface area contributed by atoms with Gasteiger partial charge in [0.1, 0.15) is 5.69 Å². The number of rotatable bonds is 6. The highest BCUT2D eigenvalue weighted by Crippen LogP contribution is 2.61. The molecule has 386 valence electrons. The highest BCUT2D eigenvalue weighted by Gasteiger charge is 2.36. The molecule has 0 saturated carbocycles. The van der Waals surface area contributed by atoms with Gasteiger partial charge in [0.25, 0.3) is 0 Å². The van der Waals surface area contributed by atoms with Crippen molar-refractivity contribution in [3.63, 3.8) is 0 Å². The monoisotopic (exact) mass is 1060 g/mol. The molecule has 13 aromatic carbocycles. The summed E-state index contributed by atoms with van der Waals surface area (Å²) in [5.41, 5.74) is 17.8. The summed E-state index contributed by atoms with van der Waals surface area (Å²) in [5, 5.41) is 10.2. The minimum Gasteiger partial charge on any atom is -0.453 e. The van der Waals surface area contributed by atoms with Gasteiger partial charge in [-0.05, 0) is 141 Å². The number of aromatic nitrogens is 4. The molecular weight excluding hydrogens is 1010 g/mol. The van der Waals surface area contributed by atoms with E-state index in [0.29, 0.717) is 5.82 Å². The average molecular weight is 1060 g/mol. The van der Waals surface area contributed by atoms with Gasteiger partial charge in [-0.2, -0.15) is 0 Å². The number of hydrogen-bond donors (Lipinski definition) is 0. The Balaban J connectivity index is 0.769. The minimum atomic E-state index is 0.695. The Morgan fingerprint density at radius 2 is 0.723 bits per heavy atom. The third-order valence-electron chi connectivity index (χ3n) is 17.0. The van der Waals surface area contributed by atoms with Crippen LogP contribution >= 0.6 is 0 Å². The van der Waals surface area contributed by atoms with Gasteiger partial charge in [0, 0.05) is 55.9 Å². The number of fused-ring (bicyclic) bond motifs is 13. The van der Waals surface area contributed by atoms with E-state index in [4.69, 9.17) is 19.4 Å². The largest absolute Gasteiger partial charge is 0.453 e. The molecule has 18 rings (SSSR count). The standard InChI is InChI=1S/C76H45N5O2/c1-3-15-46(16-4-1)53-29-34-66-61(37-53)62-39-55(31-36-67(62)79(66)56-32-27-48(28-33-56)76-77-63-25-13-11-24-59(63)74(78-76)47-17-5-2-6-18-47)54-30-35-65-60(38-54)58-23-12-14-26-64(58)80(65)57-44-72-75-73(45-57)83-71-43-52-22-10-8-20-50(52)41-69(71)81(75)68-40-49-19-7-9-21-51(49)42-70(68)82-72/h1-45H. The van der Waals surface area contributed by atoms with Gasteiger partial charge in [-0.1, -0.05) is 164 Å². The molecule has 0 fully saturated rings. The summed E-state index contributed by atoms with van der Waals surface area (Å²) >= 11 is 0. The third-order valence-corrected chi connectivity index (χ3v) is 17.0. The lowest BCUT2D eigenvalue weighted by Crippen LogP contribution is -2.20. The number of ether oxygens (including phenoxy) is 2. The van der Waals surface area contributed by atoms with Crippen LogP contribution in [0.3, 0.4) is 0 Å². The highest BCUT2D eigenvalue weighted by molar-refractivity contribution is 6.14. The molecule has 2 aliphatic rings. The first-order chi connectivity index (χ1) is 41.1. The molecule has 0 atom stereocenters. The number of hydrogen-bond acceptors (Lipinski definition) is 5. The summed E-state index contributed by atoms with van der Waals surface area (Å²) in [5.74, 6) is 3.76. The van der Waals surface area contributed by atoms with Crippen molar-refractivity contribution < 1.29 is 9.47 Å². The van der Waals surface area contributed by atoms with Crippen LogP contribution in [0.5, 0.6) is 23.0 Å². The number of benzene rings is 13. The summed E-state index contributed by atoms with van der Waals surface area (Å²) in [7, 11) is 0. The van der Waals surface area contributed by atoms with Gasteiger partial charge in [0.2, 0.25) is 0 Å². The number of para-hydroxylation sites is 2. The quantitative estimate of drug-likeness (QED) is 0.166. The van der Waals surface area contributed by atoms with Crippen LogP contribution in [0.2, 0.25) is 0 Å². The second-order valence-corrected chi connectivity index (χ2v) is 21.7. The summed E-state index contributed by atoms with van der Waals surface area (Å²) in [4.78, 5) is 12.6. The first-order valence-corrected chi connectivity index (χ1v) is 28.1. The zero-order chi connectivity index (χ0) is 54.3. The molecule has 0 radical (unpaired) electrons. The van der Waals surface area contributed by atoms with Crippen LogP contribution in [0.4, 0.5) is 17.1 Å². The van der Waals surface area contributed by atoms with Crippen LogP contribution in [-0.4, -0.2) is 19.1 Å². The molecule has 7 heteroatoms. The van der Waals surface area contributed by atoms with Crippen molar-refractivity contribution in [2.45, 2.75) is 0 Å². The van der Waals surface area contributed by atoms with Gasteiger partial charge in [-0.3, -0.25) is 4.90 Å². The van der Waals surface area contributed by atoms with Gasteiger partial charge in [0.15, 0.2) is 28.8 Å². The Bertz CT molecular complexity index is 5280. The molecule has 83 heavy (non-hydrogen) atoms. The molecule has 16 aromatic rings. The molecule has 0 unspecified atom stereocenters. The van der Waals surface area contributed by atoms with Crippen molar-refractivity contribution in [2.24, 2.45) is 0 Å². The molecule has 2 aliphatic heterocycles. The van der Waals surface area contributed by atoms with Gasteiger partial charge in [-0.25, -0.2) is 9.97 Å².